The summed E-state index contributed by atoms with van der Waals surface area (Å²) in [4.78, 5) is 21.5. The van der Waals surface area contributed by atoms with Crippen molar-refractivity contribution in [3.05, 3.63) is 63.2 Å². The highest BCUT2D eigenvalue weighted by Crippen LogP contribution is 2.34. The Hall–Kier alpha value is -2.89. The SMILES string of the molecule is Cc1ccc([N+](=O)[O-])c(Oc2cc(C(=O)O)ccc2C)c1. The predicted molar refractivity (Wildman–Crippen MR) is 76.0 cm³/mol. The minimum absolute atomic E-state index is 0.0610. The highest BCUT2D eigenvalue weighted by Gasteiger charge is 2.17. The minimum Gasteiger partial charge on any atom is -0.478 e. The summed E-state index contributed by atoms with van der Waals surface area (Å²) >= 11 is 0. The van der Waals surface area contributed by atoms with Gasteiger partial charge in [-0.2, -0.15) is 0 Å². The zero-order valence-electron chi connectivity index (χ0n) is 11.5. The molecule has 0 radical (unpaired) electrons. The molecular formula is C15H13NO5. The summed E-state index contributed by atoms with van der Waals surface area (Å²) in [6, 6.07) is 8.93. The third-order valence-corrected chi connectivity index (χ3v) is 2.97. The van der Waals surface area contributed by atoms with E-state index in [1.54, 1.807) is 32.0 Å². The number of benzene rings is 2. The van der Waals surface area contributed by atoms with Gasteiger partial charge in [0.2, 0.25) is 5.75 Å². The third kappa shape index (κ3) is 3.17. The molecule has 0 aromatic heterocycles. The number of hydrogen-bond acceptors (Lipinski definition) is 4. The normalized spacial score (nSPS) is 10.2. The average Bonchev–Trinajstić information content (AvgIpc) is 2.40. The maximum atomic E-state index is 11.0. The van der Waals surface area contributed by atoms with Crippen LogP contribution in [0.25, 0.3) is 0 Å². The van der Waals surface area contributed by atoms with E-state index in [0.29, 0.717) is 5.56 Å². The van der Waals surface area contributed by atoms with Crippen LogP contribution in [0.3, 0.4) is 0 Å². The molecular weight excluding hydrogens is 274 g/mol. The van der Waals surface area contributed by atoms with Crippen LogP contribution in [0.15, 0.2) is 36.4 Å². The Labute approximate surface area is 120 Å². The van der Waals surface area contributed by atoms with Gasteiger partial charge in [-0.05, 0) is 43.2 Å². The van der Waals surface area contributed by atoms with Gasteiger partial charge in [-0.3, -0.25) is 10.1 Å². The first-order chi connectivity index (χ1) is 9.88. The van der Waals surface area contributed by atoms with Gasteiger partial charge in [-0.1, -0.05) is 12.1 Å². The van der Waals surface area contributed by atoms with E-state index in [4.69, 9.17) is 9.84 Å². The second-order valence-electron chi connectivity index (χ2n) is 4.62. The van der Waals surface area contributed by atoms with Crippen LogP contribution in [0.5, 0.6) is 11.5 Å². The zero-order chi connectivity index (χ0) is 15.6. The summed E-state index contributed by atoms with van der Waals surface area (Å²) in [6.07, 6.45) is 0. The highest BCUT2D eigenvalue weighted by atomic mass is 16.6. The Morgan fingerprint density at radius 2 is 1.86 bits per heavy atom. The van der Waals surface area contributed by atoms with Gasteiger partial charge >= 0.3 is 11.7 Å². The van der Waals surface area contributed by atoms with Crippen molar-refractivity contribution in [2.24, 2.45) is 0 Å². The van der Waals surface area contributed by atoms with E-state index in [-0.39, 0.29) is 22.7 Å². The monoisotopic (exact) mass is 287 g/mol. The van der Waals surface area contributed by atoms with Crippen molar-refractivity contribution in [3.63, 3.8) is 0 Å². The fourth-order valence-corrected chi connectivity index (χ4v) is 1.82. The first kappa shape index (κ1) is 14.5. The van der Waals surface area contributed by atoms with Crippen LogP contribution in [0, 0.1) is 24.0 Å². The Morgan fingerprint density at radius 3 is 2.48 bits per heavy atom. The topological polar surface area (TPSA) is 89.7 Å². The van der Waals surface area contributed by atoms with Crippen molar-refractivity contribution in [2.45, 2.75) is 13.8 Å². The molecule has 2 rings (SSSR count). The van der Waals surface area contributed by atoms with Crippen molar-refractivity contribution in [1.82, 2.24) is 0 Å². The molecule has 6 nitrogen and oxygen atoms in total. The maximum Gasteiger partial charge on any atom is 0.335 e. The fourth-order valence-electron chi connectivity index (χ4n) is 1.82. The number of carboxylic acid groups (broad SMARTS) is 1. The molecule has 2 aromatic rings. The van der Waals surface area contributed by atoms with Crippen LogP contribution in [0.2, 0.25) is 0 Å². The van der Waals surface area contributed by atoms with Crippen LogP contribution >= 0.6 is 0 Å². The van der Waals surface area contributed by atoms with Crippen LogP contribution < -0.4 is 4.74 Å². The number of nitrogens with zero attached hydrogens (tertiary/aromatic N) is 1. The lowest BCUT2D eigenvalue weighted by atomic mass is 10.1. The van der Waals surface area contributed by atoms with E-state index in [1.807, 2.05) is 0 Å². The number of aromatic carboxylic acids is 1. The Kier molecular flexibility index (Phi) is 3.89. The van der Waals surface area contributed by atoms with Crippen molar-refractivity contribution in [1.29, 1.82) is 0 Å². The molecule has 0 fully saturated rings. The summed E-state index contributed by atoms with van der Waals surface area (Å²) in [7, 11) is 0. The van der Waals surface area contributed by atoms with Crippen LogP contribution in [-0.2, 0) is 0 Å². The molecule has 0 aliphatic carbocycles. The molecule has 0 saturated heterocycles. The quantitative estimate of drug-likeness (QED) is 0.684. The molecule has 0 atom stereocenters. The molecule has 108 valence electrons. The first-order valence-corrected chi connectivity index (χ1v) is 6.15. The fraction of sp³-hybridized carbons (Fsp3) is 0.133. The molecule has 2 aromatic carbocycles. The number of aryl methyl sites for hydroxylation is 2. The number of nitro benzene ring substituents is 1. The number of carboxylic acids is 1. The highest BCUT2D eigenvalue weighted by molar-refractivity contribution is 5.88. The maximum absolute atomic E-state index is 11.0. The summed E-state index contributed by atoms with van der Waals surface area (Å²) in [6.45, 7) is 3.53. The molecule has 21 heavy (non-hydrogen) atoms. The van der Waals surface area contributed by atoms with Gasteiger partial charge in [0.1, 0.15) is 5.75 Å². The summed E-state index contributed by atoms with van der Waals surface area (Å²) in [5.41, 5.74) is 1.39. The first-order valence-electron chi connectivity index (χ1n) is 6.15. The molecule has 1 N–H and O–H groups in total. The summed E-state index contributed by atoms with van der Waals surface area (Å²) < 4.78 is 5.57. The molecule has 0 spiro atoms. The van der Waals surface area contributed by atoms with E-state index in [1.165, 1.54) is 18.2 Å². The molecule has 0 heterocycles. The average molecular weight is 287 g/mol. The van der Waals surface area contributed by atoms with E-state index >= 15 is 0 Å². The van der Waals surface area contributed by atoms with Crippen molar-refractivity contribution in [2.75, 3.05) is 0 Å². The molecule has 0 aliphatic rings. The van der Waals surface area contributed by atoms with E-state index < -0.39 is 10.9 Å². The zero-order valence-corrected chi connectivity index (χ0v) is 11.5. The van der Waals surface area contributed by atoms with Gasteiger partial charge in [-0.25, -0.2) is 4.79 Å². The second kappa shape index (κ2) is 5.62. The summed E-state index contributed by atoms with van der Waals surface area (Å²) in [5, 5.41) is 20.0. The number of nitro groups is 1. The van der Waals surface area contributed by atoms with Crippen LogP contribution in [-0.4, -0.2) is 16.0 Å². The van der Waals surface area contributed by atoms with Gasteiger partial charge in [-0.15, -0.1) is 0 Å². The van der Waals surface area contributed by atoms with Crippen molar-refractivity contribution < 1.29 is 19.6 Å². The van der Waals surface area contributed by atoms with Gasteiger partial charge in [0.05, 0.1) is 10.5 Å². The molecule has 0 bridgehead atoms. The van der Waals surface area contributed by atoms with Gasteiger partial charge in [0, 0.05) is 6.07 Å². The molecule has 0 saturated carbocycles. The van der Waals surface area contributed by atoms with E-state index in [0.717, 1.165) is 5.56 Å². The summed E-state index contributed by atoms with van der Waals surface area (Å²) in [5.74, 6) is -0.715. The lowest BCUT2D eigenvalue weighted by Gasteiger charge is -2.10. The van der Waals surface area contributed by atoms with Gasteiger partial charge in [0.15, 0.2) is 0 Å². The number of hydrogen-bond donors (Lipinski definition) is 1. The van der Waals surface area contributed by atoms with E-state index in [2.05, 4.69) is 0 Å². The third-order valence-electron chi connectivity index (χ3n) is 2.97. The second-order valence-corrected chi connectivity index (χ2v) is 4.62. The smallest absolute Gasteiger partial charge is 0.335 e. The number of rotatable bonds is 4. The molecule has 0 aliphatic heterocycles. The molecule has 0 amide bonds. The van der Waals surface area contributed by atoms with Crippen molar-refractivity contribution in [3.8, 4) is 11.5 Å². The predicted octanol–water partition coefficient (Wildman–Crippen LogP) is 3.70. The Morgan fingerprint density at radius 1 is 1.14 bits per heavy atom. The number of ether oxygens (including phenoxy) is 1. The largest absolute Gasteiger partial charge is 0.478 e. The van der Waals surface area contributed by atoms with Gasteiger partial charge in [0.25, 0.3) is 0 Å². The Balaban J connectivity index is 2.47. The molecule has 0 unspecified atom stereocenters. The lowest BCUT2D eigenvalue weighted by molar-refractivity contribution is -0.385. The standard InChI is InChI=1S/C15H13NO5/c1-9-3-6-12(16(19)20)14(7-9)21-13-8-11(15(17)18)5-4-10(13)2/h3-8H,1-2H3,(H,17,18). The van der Waals surface area contributed by atoms with Gasteiger partial charge < -0.3 is 9.84 Å². The minimum atomic E-state index is -1.08. The lowest BCUT2D eigenvalue weighted by Crippen LogP contribution is -1.99. The van der Waals surface area contributed by atoms with Crippen LogP contribution in [0.1, 0.15) is 21.5 Å². The Bertz CT molecular complexity index is 724. The van der Waals surface area contributed by atoms with Crippen molar-refractivity contribution >= 4 is 11.7 Å². The van der Waals surface area contributed by atoms with Crippen LogP contribution in [0.4, 0.5) is 5.69 Å². The number of carbonyl (C=O) groups is 1. The molecule has 6 heteroatoms. The van der Waals surface area contributed by atoms with E-state index in [9.17, 15) is 14.9 Å².